The number of amides is 1. The van der Waals surface area contributed by atoms with E-state index in [1.165, 1.54) is 5.56 Å². The molecule has 36 heavy (non-hydrogen) atoms. The highest BCUT2D eigenvalue weighted by Crippen LogP contribution is 2.32. The fraction of sp³-hybridized carbons (Fsp3) is 0.258. The van der Waals surface area contributed by atoms with E-state index in [4.69, 9.17) is 0 Å². The highest BCUT2D eigenvalue weighted by atomic mass is 16.3. The van der Waals surface area contributed by atoms with E-state index < -0.39 is 0 Å². The molecule has 0 bridgehead atoms. The van der Waals surface area contributed by atoms with Gasteiger partial charge in [0.25, 0.3) is 5.91 Å². The van der Waals surface area contributed by atoms with Crippen molar-refractivity contribution >= 4 is 5.91 Å². The van der Waals surface area contributed by atoms with Crippen LogP contribution in [0.5, 0.6) is 0 Å². The van der Waals surface area contributed by atoms with E-state index in [2.05, 4.69) is 64.9 Å². The summed E-state index contributed by atoms with van der Waals surface area (Å²) in [6, 6.07) is 32.8. The van der Waals surface area contributed by atoms with Gasteiger partial charge in [0.05, 0.1) is 11.3 Å². The Kier molecular flexibility index (Phi) is 7.31. The number of carbonyl (C=O) groups excluding carboxylic acids is 1. The van der Waals surface area contributed by atoms with Crippen LogP contribution >= 0.6 is 0 Å². The maximum absolute atomic E-state index is 14.2. The number of piperazine rings is 1. The third-order valence-electron chi connectivity index (χ3n) is 7.02. The van der Waals surface area contributed by atoms with E-state index in [-0.39, 0.29) is 18.6 Å². The lowest BCUT2D eigenvalue weighted by Gasteiger charge is -2.41. The van der Waals surface area contributed by atoms with Gasteiger partial charge in [-0.3, -0.25) is 9.69 Å². The second kappa shape index (κ2) is 10.9. The molecule has 0 spiro atoms. The monoisotopic (exact) mass is 479 g/mol. The van der Waals surface area contributed by atoms with Gasteiger partial charge in [-0.1, -0.05) is 78.9 Å². The molecule has 1 saturated heterocycles. The molecule has 184 valence electrons. The first-order valence-electron chi connectivity index (χ1n) is 12.7. The number of aryl methyl sites for hydroxylation is 1. The van der Waals surface area contributed by atoms with Crippen molar-refractivity contribution in [3.63, 3.8) is 0 Å². The lowest BCUT2D eigenvalue weighted by Crippen LogP contribution is -2.55. The van der Waals surface area contributed by atoms with Crippen molar-refractivity contribution in [1.29, 1.82) is 0 Å². The van der Waals surface area contributed by atoms with Crippen LogP contribution in [0, 0.1) is 6.92 Å². The Labute approximate surface area is 213 Å². The van der Waals surface area contributed by atoms with Crippen LogP contribution in [0.25, 0.3) is 16.9 Å². The Bertz CT molecular complexity index is 1290. The summed E-state index contributed by atoms with van der Waals surface area (Å²) in [5.74, 6) is 0.0319. The average molecular weight is 480 g/mol. The molecule has 5 heteroatoms. The summed E-state index contributed by atoms with van der Waals surface area (Å²) < 4.78 is 2.18. The van der Waals surface area contributed by atoms with Crippen molar-refractivity contribution in [3.05, 3.63) is 114 Å². The number of aromatic nitrogens is 1. The molecule has 3 aromatic carbocycles. The summed E-state index contributed by atoms with van der Waals surface area (Å²) in [5.41, 5.74) is 5.96. The van der Waals surface area contributed by atoms with Gasteiger partial charge >= 0.3 is 0 Å². The summed E-state index contributed by atoms with van der Waals surface area (Å²) in [6.07, 6.45) is 0.566. The number of hydrogen-bond donors (Lipinski definition) is 1. The normalized spacial score (nSPS) is 16.3. The van der Waals surface area contributed by atoms with E-state index in [1.54, 1.807) is 0 Å². The minimum Gasteiger partial charge on any atom is -0.396 e. The molecule has 1 amide bonds. The van der Waals surface area contributed by atoms with Crippen molar-refractivity contribution in [1.82, 2.24) is 14.4 Å². The highest BCUT2D eigenvalue weighted by molar-refractivity contribution is 6.01. The van der Waals surface area contributed by atoms with Crippen molar-refractivity contribution in [2.75, 3.05) is 26.2 Å². The van der Waals surface area contributed by atoms with Gasteiger partial charge in [-0.05, 0) is 42.7 Å². The molecule has 1 fully saturated rings. The Morgan fingerprint density at radius 2 is 1.53 bits per heavy atom. The number of para-hydroxylation sites is 1. The molecule has 1 aliphatic heterocycles. The number of hydrogen-bond acceptors (Lipinski definition) is 3. The van der Waals surface area contributed by atoms with Crippen LogP contribution in [-0.2, 0) is 6.54 Å². The van der Waals surface area contributed by atoms with Gasteiger partial charge in [0.1, 0.15) is 0 Å². The number of aliphatic hydroxyl groups is 1. The Balaban J connectivity index is 1.48. The lowest BCUT2D eigenvalue weighted by atomic mass is 10.0. The molecule has 4 aromatic rings. The lowest BCUT2D eigenvalue weighted by molar-refractivity contribution is 0.0381. The van der Waals surface area contributed by atoms with Gasteiger partial charge in [0, 0.05) is 50.2 Å². The number of nitrogens with zero attached hydrogens (tertiary/aromatic N) is 3. The van der Waals surface area contributed by atoms with Crippen LogP contribution in [0.4, 0.5) is 0 Å². The molecule has 1 aliphatic rings. The molecular weight excluding hydrogens is 446 g/mol. The molecule has 1 aromatic heterocycles. The molecule has 0 aliphatic carbocycles. The van der Waals surface area contributed by atoms with Crippen molar-refractivity contribution < 1.29 is 9.90 Å². The first-order chi connectivity index (χ1) is 17.7. The molecule has 1 atom stereocenters. The average Bonchev–Trinajstić information content (AvgIpc) is 3.27. The fourth-order valence-corrected chi connectivity index (χ4v) is 5.32. The van der Waals surface area contributed by atoms with Crippen molar-refractivity contribution in [3.8, 4) is 16.9 Å². The summed E-state index contributed by atoms with van der Waals surface area (Å²) in [4.78, 5) is 18.5. The number of benzene rings is 3. The topological polar surface area (TPSA) is 48.7 Å². The van der Waals surface area contributed by atoms with Gasteiger partial charge in [-0.2, -0.15) is 0 Å². The Morgan fingerprint density at radius 1 is 0.889 bits per heavy atom. The van der Waals surface area contributed by atoms with Crippen LogP contribution in [0.3, 0.4) is 0 Å². The molecule has 5 nitrogen and oxygen atoms in total. The van der Waals surface area contributed by atoms with Crippen LogP contribution < -0.4 is 0 Å². The minimum atomic E-state index is -0.0380. The van der Waals surface area contributed by atoms with Crippen molar-refractivity contribution in [2.45, 2.75) is 25.9 Å². The smallest absolute Gasteiger partial charge is 0.256 e. The van der Waals surface area contributed by atoms with Gasteiger partial charge in [0.15, 0.2) is 0 Å². The largest absolute Gasteiger partial charge is 0.396 e. The minimum absolute atomic E-state index is 0.0319. The Hall–Kier alpha value is -3.67. The quantitative estimate of drug-likeness (QED) is 0.398. The maximum Gasteiger partial charge on any atom is 0.256 e. The Morgan fingerprint density at radius 3 is 2.19 bits per heavy atom. The molecule has 1 N–H and O–H groups in total. The molecule has 1 unspecified atom stereocenters. The highest BCUT2D eigenvalue weighted by Gasteiger charge is 2.33. The standard InChI is InChI=1S/C31H33N3O2/c1-24-21-29(30(26-13-7-3-8-14-26)34(24)27-15-9-4-10-16-27)31(36)33-19-18-32(23-28(33)17-20-35)22-25-11-5-2-6-12-25/h2-16,21,28,35H,17-20,22-23H2,1H3. The summed E-state index contributed by atoms with van der Waals surface area (Å²) in [5, 5.41) is 9.83. The summed E-state index contributed by atoms with van der Waals surface area (Å²) in [6.45, 7) is 5.16. The zero-order valence-corrected chi connectivity index (χ0v) is 20.8. The van der Waals surface area contributed by atoms with Crippen LogP contribution in [-0.4, -0.2) is 57.7 Å². The number of carbonyl (C=O) groups is 1. The van der Waals surface area contributed by atoms with E-state index in [0.717, 1.165) is 42.3 Å². The van der Waals surface area contributed by atoms with Gasteiger partial charge in [-0.15, -0.1) is 0 Å². The molecule has 0 saturated carbocycles. The maximum atomic E-state index is 14.2. The summed E-state index contributed by atoms with van der Waals surface area (Å²) >= 11 is 0. The predicted octanol–water partition coefficient (Wildman–Crippen LogP) is 5.16. The zero-order valence-electron chi connectivity index (χ0n) is 20.8. The molecular formula is C31H33N3O2. The number of aliphatic hydroxyl groups excluding tert-OH is 1. The summed E-state index contributed by atoms with van der Waals surface area (Å²) in [7, 11) is 0. The number of rotatable bonds is 7. The predicted molar refractivity (Wildman–Crippen MR) is 144 cm³/mol. The first kappa shape index (κ1) is 24.0. The first-order valence-corrected chi connectivity index (χ1v) is 12.7. The van der Waals surface area contributed by atoms with Crippen LogP contribution in [0.2, 0.25) is 0 Å². The molecule has 0 radical (unpaired) electrons. The van der Waals surface area contributed by atoms with E-state index in [1.807, 2.05) is 53.4 Å². The third kappa shape index (κ3) is 4.99. The van der Waals surface area contributed by atoms with Crippen LogP contribution in [0.15, 0.2) is 97.1 Å². The van der Waals surface area contributed by atoms with Gasteiger partial charge < -0.3 is 14.6 Å². The molecule has 2 heterocycles. The fourth-order valence-electron chi connectivity index (χ4n) is 5.32. The van der Waals surface area contributed by atoms with Crippen molar-refractivity contribution in [2.24, 2.45) is 0 Å². The van der Waals surface area contributed by atoms with Crippen LogP contribution in [0.1, 0.15) is 28.0 Å². The molecule has 5 rings (SSSR count). The second-order valence-electron chi connectivity index (χ2n) is 9.47. The van der Waals surface area contributed by atoms with Gasteiger partial charge in [-0.25, -0.2) is 0 Å². The third-order valence-corrected chi connectivity index (χ3v) is 7.02. The van der Waals surface area contributed by atoms with E-state index in [9.17, 15) is 9.90 Å². The van der Waals surface area contributed by atoms with E-state index >= 15 is 0 Å². The van der Waals surface area contributed by atoms with E-state index in [0.29, 0.717) is 18.5 Å². The zero-order chi connectivity index (χ0) is 24.9. The van der Waals surface area contributed by atoms with Gasteiger partial charge in [0.2, 0.25) is 0 Å². The SMILES string of the molecule is Cc1cc(C(=O)N2CCN(Cc3ccccc3)CC2CCO)c(-c2ccccc2)n1-c1ccccc1. The second-order valence-corrected chi connectivity index (χ2v) is 9.47.